The van der Waals surface area contributed by atoms with Gasteiger partial charge in [0.2, 0.25) is 0 Å². The third-order valence-electron chi connectivity index (χ3n) is 5.70. The first-order valence-corrected chi connectivity index (χ1v) is 10.5. The molecule has 12 heteroatoms. The maximum atomic E-state index is 12.9. The maximum absolute atomic E-state index is 12.9. The van der Waals surface area contributed by atoms with Gasteiger partial charge in [0, 0.05) is 37.9 Å². The number of nitrogens with two attached hydrogens (primary N) is 2. The number of likely N-dealkylation sites (tertiary alicyclic amines) is 1. The Kier molecular flexibility index (Phi) is 5.74. The van der Waals surface area contributed by atoms with Gasteiger partial charge in [-0.05, 0) is 31.0 Å². The van der Waals surface area contributed by atoms with E-state index in [1.165, 1.54) is 0 Å². The van der Waals surface area contributed by atoms with Crippen LogP contribution in [0.5, 0.6) is 0 Å². The molecule has 2 aromatic rings. The number of nitrogen functional groups attached to an aromatic ring is 2. The number of benzene rings is 1. The Morgan fingerprint density at radius 2 is 1.97 bits per heavy atom. The number of anilines is 3. The molecule has 0 aliphatic carbocycles. The Bertz CT molecular complexity index is 1100. The molecule has 3 heterocycles. The lowest BCUT2D eigenvalue weighted by molar-refractivity contribution is 0.0669. The van der Waals surface area contributed by atoms with Gasteiger partial charge in [-0.3, -0.25) is 9.59 Å². The number of aromatic nitrogens is 2. The first-order chi connectivity index (χ1) is 15.3. The van der Waals surface area contributed by atoms with Crippen molar-refractivity contribution in [1.82, 2.24) is 25.5 Å². The van der Waals surface area contributed by atoms with E-state index in [-0.39, 0.29) is 33.9 Å². The number of piperidine rings is 1. The second kappa shape index (κ2) is 8.50. The van der Waals surface area contributed by atoms with Crippen molar-refractivity contribution in [1.29, 1.82) is 0 Å². The zero-order valence-corrected chi connectivity index (χ0v) is 18.2. The summed E-state index contributed by atoms with van der Waals surface area (Å²) in [6.07, 6.45) is 1.42. The van der Waals surface area contributed by atoms with Gasteiger partial charge in [-0.25, -0.2) is 9.97 Å². The number of hydrogen-bond acceptors (Lipinski definition) is 7. The SMILES string of the molecule is CNc1cccc(C(=O)N2CCC3(CC2)CN/C(=N\C(=O)c2nc(Cl)c(N)nc2N)N3)c1. The third kappa shape index (κ3) is 4.24. The molecule has 4 rings (SSSR count). The van der Waals surface area contributed by atoms with Crippen molar-refractivity contribution in [3.8, 4) is 0 Å². The summed E-state index contributed by atoms with van der Waals surface area (Å²) in [5.74, 6) is -0.542. The highest BCUT2D eigenvalue weighted by molar-refractivity contribution is 6.31. The van der Waals surface area contributed by atoms with Crippen LogP contribution in [0.15, 0.2) is 29.3 Å². The fourth-order valence-electron chi connectivity index (χ4n) is 3.84. The summed E-state index contributed by atoms with van der Waals surface area (Å²) in [5.41, 5.74) is 12.4. The molecule has 2 aliphatic heterocycles. The van der Waals surface area contributed by atoms with Crippen molar-refractivity contribution < 1.29 is 9.59 Å². The molecule has 2 fully saturated rings. The van der Waals surface area contributed by atoms with Crippen molar-refractivity contribution in [3.63, 3.8) is 0 Å². The molecule has 2 amide bonds. The number of nitrogens with zero attached hydrogens (tertiary/aromatic N) is 4. The molecule has 0 unspecified atom stereocenters. The monoisotopic (exact) mass is 457 g/mol. The summed E-state index contributed by atoms with van der Waals surface area (Å²) in [5, 5.41) is 9.35. The van der Waals surface area contributed by atoms with Gasteiger partial charge in [-0.1, -0.05) is 17.7 Å². The Balaban J connectivity index is 1.40. The number of nitrogens with one attached hydrogen (secondary N) is 3. The minimum absolute atomic E-state index is 0.00116. The number of hydrogen-bond donors (Lipinski definition) is 5. The molecular weight excluding hydrogens is 434 g/mol. The van der Waals surface area contributed by atoms with Gasteiger partial charge in [0.05, 0.1) is 5.54 Å². The molecule has 2 aliphatic rings. The summed E-state index contributed by atoms with van der Waals surface area (Å²) in [7, 11) is 1.82. The van der Waals surface area contributed by atoms with E-state index < -0.39 is 5.91 Å². The number of aliphatic imine (C=N–C) groups is 1. The molecule has 0 saturated carbocycles. The third-order valence-corrected chi connectivity index (χ3v) is 5.98. The van der Waals surface area contributed by atoms with Gasteiger partial charge in [0.25, 0.3) is 5.91 Å². The lowest BCUT2D eigenvalue weighted by Gasteiger charge is -2.38. The molecule has 1 aromatic carbocycles. The average Bonchev–Trinajstić information content (AvgIpc) is 3.18. The van der Waals surface area contributed by atoms with Crippen molar-refractivity contribution >= 4 is 46.7 Å². The fraction of sp³-hybridized carbons (Fsp3) is 0.350. The van der Waals surface area contributed by atoms with Gasteiger partial charge < -0.3 is 32.3 Å². The fourth-order valence-corrected chi connectivity index (χ4v) is 3.97. The summed E-state index contributed by atoms with van der Waals surface area (Å²) < 4.78 is 0. The van der Waals surface area contributed by atoms with Gasteiger partial charge in [-0.2, -0.15) is 4.99 Å². The highest BCUT2D eigenvalue weighted by atomic mass is 35.5. The summed E-state index contributed by atoms with van der Waals surface area (Å²) in [6, 6.07) is 7.43. The van der Waals surface area contributed by atoms with Gasteiger partial charge >= 0.3 is 5.91 Å². The molecule has 0 radical (unpaired) electrons. The smallest absolute Gasteiger partial charge is 0.302 e. The normalized spacial score (nSPS) is 18.3. The number of halogens is 1. The van der Waals surface area contributed by atoms with Crippen LogP contribution < -0.4 is 27.4 Å². The maximum Gasteiger partial charge on any atom is 0.302 e. The van der Waals surface area contributed by atoms with Crippen LogP contribution in [0.3, 0.4) is 0 Å². The van der Waals surface area contributed by atoms with Crippen LogP contribution in [0.4, 0.5) is 17.3 Å². The zero-order valence-electron chi connectivity index (χ0n) is 17.5. The van der Waals surface area contributed by atoms with Crippen LogP contribution in [0.2, 0.25) is 5.15 Å². The van der Waals surface area contributed by atoms with E-state index in [4.69, 9.17) is 23.1 Å². The lowest BCUT2D eigenvalue weighted by atomic mass is 9.88. The van der Waals surface area contributed by atoms with E-state index in [0.29, 0.717) is 44.0 Å². The van der Waals surface area contributed by atoms with Crippen LogP contribution in [0.25, 0.3) is 0 Å². The van der Waals surface area contributed by atoms with Crippen LogP contribution in [-0.4, -0.2) is 64.9 Å². The molecule has 7 N–H and O–H groups in total. The molecule has 1 aromatic heterocycles. The number of carbonyl (C=O) groups is 2. The number of carbonyl (C=O) groups excluding carboxylic acids is 2. The number of rotatable bonds is 3. The van der Waals surface area contributed by atoms with Gasteiger partial charge in [0.1, 0.15) is 0 Å². The first kappa shape index (κ1) is 21.6. The number of amides is 2. The molecule has 0 bridgehead atoms. The topological polar surface area (TPSA) is 164 Å². The van der Waals surface area contributed by atoms with Crippen molar-refractivity contribution in [2.24, 2.45) is 4.99 Å². The molecular formula is C20H24ClN9O2. The highest BCUT2D eigenvalue weighted by Crippen LogP contribution is 2.26. The number of guanidine groups is 1. The Morgan fingerprint density at radius 3 is 2.69 bits per heavy atom. The van der Waals surface area contributed by atoms with Gasteiger partial charge in [-0.15, -0.1) is 0 Å². The summed E-state index contributed by atoms with van der Waals surface area (Å²) in [4.78, 5) is 38.9. The van der Waals surface area contributed by atoms with Crippen molar-refractivity contribution in [3.05, 3.63) is 40.7 Å². The van der Waals surface area contributed by atoms with E-state index in [2.05, 4.69) is 30.9 Å². The average molecular weight is 458 g/mol. The van der Waals surface area contributed by atoms with Crippen LogP contribution in [0.1, 0.15) is 33.7 Å². The molecule has 1 spiro atoms. The Labute approximate surface area is 189 Å². The molecule has 2 saturated heterocycles. The second-order valence-electron chi connectivity index (χ2n) is 7.78. The van der Waals surface area contributed by atoms with Crippen molar-refractivity contribution in [2.75, 3.05) is 43.5 Å². The minimum atomic E-state index is -0.680. The van der Waals surface area contributed by atoms with Crippen LogP contribution in [-0.2, 0) is 0 Å². The summed E-state index contributed by atoms with van der Waals surface area (Å²) >= 11 is 5.84. The Hall–Kier alpha value is -3.60. The summed E-state index contributed by atoms with van der Waals surface area (Å²) in [6.45, 7) is 1.76. The zero-order chi connectivity index (χ0) is 22.9. The largest absolute Gasteiger partial charge is 0.388 e. The second-order valence-corrected chi connectivity index (χ2v) is 8.14. The molecule has 0 atom stereocenters. The van der Waals surface area contributed by atoms with Crippen molar-refractivity contribution in [2.45, 2.75) is 18.4 Å². The van der Waals surface area contributed by atoms with E-state index in [9.17, 15) is 9.59 Å². The van der Waals surface area contributed by atoms with E-state index in [0.717, 1.165) is 5.69 Å². The first-order valence-electron chi connectivity index (χ1n) is 10.1. The highest BCUT2D eigenvalue weighted by Gasteiger charge is 2.41. The van der Waals surface area contributed by atoms with Crippen LogP contribution in [0, 0.1) is 0 Å². The lowest BCUT2D eigenvalue weighted by Crippen LogP contribution is -2.53. The minimum Gasteiger partial charge on any atom is -0.388 e. The Morgan fingerprint density at radius 1 is 1.22 bits per heavy atom. The van der Waals surface area contributed by atoms with Crippen LogP contribution >= 0.6 is 11.6 Å². The van der Waals surface area contributed by atoms with E-state index in [1.807, 2.05) is 36.2 Å². The van der Waals surface area contributed by atoms with E-state index in [1.54, 1.807) is 0 Å². The molecule has 11 nitrogen and oxygen atoms in total. The van der Waals surface area contributed by atoms with E-state index >= 15 is 0 Å². The quantitative estimate of drug-likeness (QED) is 0.446. The van der Waals surface area contributed by atoms with Gasteiger partial charge in [0.15, 0.2) is 28.4 Å². The molecule has 168 valence electrons. The molecule has 32 heavy (non-hydrogen) atoms. The predicted molar refractivity (Wildman–Crippen MR) is 123 cm³/mol. The standard InChI is InChI=1S/C20H24ClN9O2/c1-24-12-4-2-3-11(9-12)18(32)30-7-5-20(6-8-30)10-25-19(29-20)28-17(31)13-15(22)27-16(23)14(21)26-13/h2-4,9,24H,5-8,10H2,1H3,(H4,22,23,27)(H2,25,28,29,31). The predicted octanol–water partition coefficient (Wildman–Crippen LogP) is 0.700.